The Balaban J connectivity index is 1.20. The highest BCUT2D eigenvalue weighted by Crippen LogP contribution is 2.33. The molecule has 1 N–H and O–H groups in total. The van der Waals surface area contributed by atoms with Gasteiger partial charge in [0.2, 0.25) is 6.79 Å². The second-order valence-electron chi connectivity index (χ2n) is 8.58. The zero-order valence-corrected chi connectivity index (χ0v) is 18.6. The molecule has 0 aliphatic carbocycles. The van der Waals surface area contributed by atoms with E-state index in [9.17, 15) is 5.11 Å². The van der Waals surface area contributed by atoms with Gasteiger partial charge in [0.05, 0.1) is 0 Å². The van der Waals surface area contributed by atoms with Gasteiger partial charge in [-0.05, 0) is 41.7 Å². The van der Waals surface area contributed by atoms with Crippen LogP contribution >= 0.6 is 0 Å². The molecular formula is C25H34N2O4. The molecule has 4 rings (SSSR count). The van der Waals surface area contributed by atoms with Crippen LogP contribution in [0, 0.1) is 0 Å². The Kier molecular flexibility index (Phi) is 7.33. The number of β-amino-alcohol motifs (C(OH)–C–C–N with tert-alkyl or cyclic N) is 1. The van der Waals surface area contributed by atoms with Crippen LogP contribution < -0.4 is 14.2 Å². The Labute approximate surface area is 185 Å². The van der Waals surface area contributed by atoms with Crippen molar-refractivity contribution in [2.24, 2.45) is 0 Å². The fraction of sp³-hybridized carbons (Fsp3) is 0.520. The maximum Gasteiger partial charge on any atom is 0.231 e. The van der Waals surface area contributed by atoms with Crippen molar-refractivity contribution in [3.63, 3.8) is 0 Å². The van der Waals surface area contributed by atoms with Gasteiger partial charge >= 0.3 is 0 Å². The van der Waals surface area contributed by atoms with Crippen molar-refractivity contribution < 1.29 is 19.3 Å². The summed E-state index contributed by atoms with van der Waals surface area (Å²) in [5, 5.41) is 10.5. The predicted octanol–water partition coefficient (Wildman–Crippen LogP) is 3.49. The van der Waals surface area contributed by atoms with Crippen LogP contribution in [0.3, 0.4) is 0 Å². The van der Waals surface area contributed by atoms with E-state index in [0.717, 1.165) is 56.4 Å². The van der Waals surface area contributed by atoms with E-state index in [4.69, 9.17) is 14.2 Å². The van der Waals surface area contributed by atoms with Crippen molar-refractivity contribution in [2.45, 2.75) is 38.8 Å². The van der Waals surface area contributed by atoms with Crippen molar-refractivity contribution in [3.05, 3.63) is 53.6 Å². The molecule has 2 heterocycles. The minimum absolute atomic E-state index is 0.312. The minimum Gasteiger partial charge on any atom is -0.491 e. The fourth-order valence-electron chi connectivity index (χ4n) is 4.20. The summed E-state index contributed by atoms with van der Waals surface area (Å²) >= 11 is 0. The van der Waals surface area contributed by atoms with Crippen LogP contribution in [0.1, 0.15) is 37.3 Å². The molecule has 31 heavy (non-hydrogen) atoms. The lowest BCUT2D eigenvalue weighted by Gasteiger charge is -2.35. The number of para-hydroxylation sites is 1. The van der Waals surface area contributed by atoms with E-state index in [1.54, 1.807) is 0 Å². The molecule has 2 aromatic rings. The monoisotopic (exact) mass is 426 g/mol. The van der Waals surface area contributed by atoms with Crippen LogP contribution in [0.15, 0.2) is 42.5 Å². The number of nitrogens with zero attached hydrogens (tertiary/aromatic N) is 2. The molecule has 2 aliphatic rings. The third kappa shape index (κ3) is 5.70. The van der Waals surface area contributed by atoms with Gasteiger partial charge in [-0.1, -0.05) is 38.1 Å². The molecule has 0 radical (unpaired) electrons. The zero-order chi connectivity index (χ0) is 21.6. The molecular weight excluding hydrogens is 392 g/mol. The molecule has 168 valence electrons. The van der Waals surface area contributed by atoms with E-state index in [-0.39, 0.29) is 0 Å². The highest BCUT2D eigenvalue weighted by Gasteiger charge is 2.21. The van der Waals surface area contributed by atoms with Crippen molar-refractivity contribution >= 4 is 0 Å². The quantitative estimate of drug-likeness (QED) is 0.663. The Morgan fingerprint density at radius 2 is 1.74 bits per heavy atom. The Hall–Kier alpha value is -2.28. The van der Waals surface area contributed by atoms with E-state index < -0.39 is 6.10 Å². The number of hydrogen-bond acceptors (Lipinski definition) is 6. The Morgan fingerprint density at radius 1 is 1.00 bits per heavy atom. The lowest BCUT2D eigenvalue weighted by molar-refractivity contribution is 0.0443. The molecule has 1 fully saturated rings. The van der Waals surface area contributed by atoms with Crippen LogP contribution in [0.5, 0.6) is 17.2 Å². The molecule has 0 amide bonds. The summed E-state index contributed by atoms with van der Waals surface area (Å²) in [6.07, 6.45) is 0.574. The molecule has 1 saturated heterocycles. The van der Waals surface area contributed by atoms with E-state index in [2.05, 4.69) is 41.8 Å². The van der Waals surface area contributed by atoms with Crippen LogP contribution in [-0.4, -0.2) is 67.1 Å². The first-order chi connectivity index (χ1) is 15.1. The molecule has 0 unspecified atom stereocenters. The van der Waals surface area contributed by atoms with Gasteiger partial charge in [0.25, 0.3) is 0 Å². The van der Waals surface area contributed by atoms with Gasteiger partial charge in [-0.15, -0.1) is 0 Å². The Bertz CT molecular complexity index is 851. The van der Waals surface area contributed by atoms with Crippen molar-refractivity contribution in [1.29, 1.82) is 0 Å². The molecule has 2 aliphatic heterocycles. The summed E-state index contributed by atoms with van der Waals surface area (Å²) in [7, 11) is 0. The Morgan fingerprint density at radius 3 is 2.55 bits per heavy atom. The summed E-state index contributed by atoms with van der Waals surface area (Å²) in [4.78, 5) is 4.77. The number of rotatable bonds is 9. The first kappa shape index (κ1) is 21.9. The smallest absolute Gasteiger partial charge is 0.231 e. The topological polar surface area (TPSA) is 54.4 Å². The molecule has 2 aromatic carbocycles. The summed E-state index contributed by atoms with van der Waals surface area (Å²) in [6.45, 7) is 10.4. The largest absolute Gasteiger partial charge is 0.491 e. The van der Waals surface area contributed by atoms with Gasteiger partial charge in [0, 0.05) is 39.3 Å². The molecule has 0 spiro atoms. The number of aliphatic hydroxyl groups excluding tert-OH is 1. The minimum atomic E-state index is -0.495. The maximum absolute atomic E-state index is 10.5. The second kappa shape index (κ2) is 10.4. The van der Waals surface area contributed by atoms with E-state index >= 15 is 0 Å². The van der Waals surface area contributed by atoms with Crippen LogP contribution in [0.4, 0.5) is 0 Å². The molecule has 6 nitrogen and oxygen atoms in total. The molecule has 0 aromatic heterocycles. The van der Waals surface area contributed by atoms with Gasteiger partial charge in [-0.3, -0.25) is 9.80 Å². The van der Waals surface area contributed by atoms with Gasteiger partial charge in [-0.2, -0.15) is 0 Å². The third-order valence-corrected chi connectivity index (χ3v) is 6.27. The molecule has 2 atom stereocenters. The van der Waals surface area contributed by atoms with E-state index in [1.807, 2.05) is 24.3 Å². The normalized spacial score (nSPS) is 18.7. The first-order valence-corrected chi connectivity index (χ1v) is 11.4. The first-order valence-electron chi connectivity index (χ1n) is 11.4. The molecule has 6 heteroatoms. The molecule has 0 saturated carbocycles. The van der Waals surface area contributed by atoms with Crippen molar-refractivity contribution in [1.82, 2.24) is 9.80 Å². The van der Waals surface area contributed by atoms with Crippen molar-refractivity contribution in [2.75, 3.05) is 46.1 Å². The van der Waals surface area contributed by atoms with Crippen LogP contribution in [0.2, 0.25) is 0 Å². The maximum atomic E-state index is 10.5. The standard InChI is InChI=1S/C25H34N2O4/c1-3-19(2)22-6-4-5-7-23(22)29-17-21(28)16-27-12-10-26(11-13-27)15-20-8-9-24-25(14-20)31-18-30-24/h4-9,14,19,21,28H,3,10-13,15-18H2,1-2H3/t19-,21+/m1/s1. The average molecular weight is 427 g/mol. The zero-order valence-electron chi connectivity index (χ0n) is 18.6. The van der Waals surface area contributed by atoms with Crippen LogP contribution in [0.25, 0.3) is 0 Å². The lowest BCUT2D eigenvalue weighted by Crippen LogP contribution is -2.48. The number of hydrogen-bond donors (Lipinski definition) is 1. The second-order valence-corrected chi connectivity index (χ2v) is 8.58. The number of piperazine rings is 1. The van der Waals surface area contributed by atoms with Crippen molar-refractivity contribution in [3.8, 4) is 17.2 Å². The number of fused-ring (bicyclic) bond motifs is 1. The highest BCUT2D eigenvalue weighted by atomic mass is 16.7. The fourth-order valence-corrected chi connectivity index (χ4v) is 4.20. The van der Waals surface area contributed by atoms with Gasteiger partial charge in [0.15, 0.2) is 11.5 Å². The van der Waals surface area contributed by atoms with E-state index in [1.165, 1.54) is 11.1 Å². The SMILES string of the molecule is CC[C@@H](C)c1ccccc1OC[C@@H](O)CN1CCN(Cc2ccc3c(c2)OCO3)CC1. The van der Waals surface area contributed by atoms with Gasteiger partial charge in [0.1, 0.15) is 18.5 Å². The summed E-state index contributed by atoms with van der Waals surface area (Å²) in [6, 6.07) is 14.3. The number of aliphatic hydroxyl groups is 1. The summed E-state index contributed by atoms with van der Waals surface area (Å²) < 4.78 is 16.9. The molecule has 0 bridgehead atoms. The summed E-state index contributed by atoms with van der Waals surface area (Å²) in [5.74, 6) is 3.02. The number of benzene rings is 2. The third-order valence-electron chi connectivity index (χ3n) is 6.27. The average Bonchev–Trinajstić information content (AvgIpc) is 3.26. The summed E-state index contributed by atoms with van der Waals surface area (Å²) in [5.41, 5.74) is 2.46. The number of ether oxygens (including phenoxy) is 3. The van der Waals surface area contributed by atoms with E-state index in [0.29, 0.717) is 25.9 Å². The van der Waals surface area contributed by atoms with Gasteiger partial charge < -0.3 is 19.3 Å². The van der Waals surface area contributed by atoms with Gasteiger partial charge in [-0.25, -0.2) is 0 Å². The van der Waals surface area contributed by atoms with Crippen LogP contribution in [-0.2, 0) is 6.54 Å². The lowest BCUT2D eigenvalue weighted by atomic mass is 9.98. The predicted molar refractivity (Wildman–Crippen MR) is 121 cm³/mol. The highest BCUT2D eigenvalue weighted by molar-refractivity contribution is 5.44.